The number of aromatic nitrogens is 2. The van der Waals surface area contributed by atoms with Gasteiger partial charge in [-0.1, -0.05) is 13.0 Å². The van der Waals surface area contributed by atoms with E-state index in [4.69, 9.17) is 0 Å². The van der Waals surface area contributed by atoms with Crippen molar-refractivity contribution in [1.29, 1.82) is 0 Å². The molecule has 6 nitrogen and oxygen atoms in total. The predicted octanol–water partition coefficient (Wildman–Crippen LogP) is 1.84. The number of hydrogen-bond donors (Lipinski definition) is 1. The molecule has 3 atom stereocenters. The molecule has 0 bridgehead atoms. The van der Waals surface area contributed by atoms with Gasteiger partial charge in [0.1, 0.15) is 6.04 Å². The Morgan fingerprint density at radius 1 is 1.44 bits per heavy atom. The molecule has 132 valence electrons. The molecule has 1 fully saturated rings. The highest BCUT2D eigenvalue weighted by Crippen LogP contribution is 2.40. The van der Waals surface area contributed by atoms with Crippen LogP contribution in [0.2, 0.25) is 0 Å². The maximum atomic E-state index is 12.7. The summed E-state index contributed by atoms with van der Waals surface area (Å²) in [6.07, 6.45) is 5.24. The average Bonchev–Trinajstić information content (AvgIpc) is 3.03. The van der Waals surface area contributed by atoms with Crippen molar-refractivity contribution in [2.24, 2.45) is 11.8 Å². The molecule has 0 aromatic carbocycles. The molecule has 3 heterocycles. The number of fused-ring (bicyclic) bond motifs is 1. The second-order valence-corrected chi connectivity index (χ2v) is 8.00. The van der Waals surface area contributed by atoms with Gasteiger partial charge >= 0.3 is 0 Å². The zero-order chi connectivity index (χ0) is 17.4. The van der Waals surface area contributed by atoms with Crippen molar-refractivity contribution in [3.63, 3.8) is 0 Å². The van der Waals surface area contributed by atoms with E-state index >= 15 is 0 Å². The SMILES string of the molecule is CC1CC1C(=O)N1Cc2cncn2C(C(=O)NCCc2cccs2)C1. The minimum atomic E-state index is -0.396. The van der Waals surface area contributed by atoms with Crippen LogP contribution in [0.15, 0.2) is 30.0 Å². The third-order valence-corrected chi connectivity index (χ3v) is 6.06. The van der Waals surface area contributed by atoms with E-state index in [-0.39, 0.29) is 17.7 Å². The Bertz CT molecular complexity index is 770. The third-order valence-electron chi connectivity index (χ3n) is 5.12. The predicted molar refractivity (Wildman–Crippen MR) is 95.0 cm³/mol. The van der Waals surface area contributed by atoms with Crippen LogP contribution in [0, 0.1) is 11.8 Å². The van der Waals surface area contributed by atoms with Gasteiger partial charge < -0.3 is 14.8 Å². The Hall–Kier alpha value is -2.15. The molecule has 3 unspecified atom stereocenters. The first-order chi connectivity index (χ1) is 12.1. The van der Waals surface area contributed by atoms with Gasteiger partial charge in [-0.25, -0.2) is 4.98 Å². The Morgan fingerprint density at radius 2 is 2.28 bits per heavy atom. The van der Waals surface area contributed by atoms with E-state index in [9.17, 15) is 9.59 Å². The number of hydrogen-bond acceptors (Lipinski definition) is 4. The number of carbonyl (C=O) groups excluding carboxylic acids is 2. The van der Waals surface area contributed by atoms with Gasteiger partial charge in [0.25, 0.3) is 0 Å². The fourth-order valence-corrected chi connectivity index (χ4v) is 4.16. The summed E-state index contributed by atoms with van der Waals surface area (Å²) < 4.78 is 1.90. The highest BCUT2D eigenvalue weighted by molar-refractivity contribution is 7.09. The average molecular weight is 358 g/mol. The van der Waals surface area contributed by atoms with Crippen LogP contribution >= 0.6 is 11.3 Å². The second kappa shape index (κ2) is 6.63. The van der Waals surface area contributed by atoms with Gasteiger partial charge in [0.2, 0.25) is 11.8 Å². The fraction of sp³-hybridized carbons (Fsp3) is 0.500. The van der Waals surface area contributed by atoms with Crippen molar-refractivity contribution >= 4 is 23.2 Å². The number of amides is 2. The first kappa shape index (κ1) is 16.3. The number of nitrogens with zero attached hydrogens (tertiary/aromatic N) is 3. The van der Waals surface area contributed by atoms with Gasteiger partial charge in [-0.2, -0.15) is 0 Å². The monoisotopic (exact) mass is 358 g/mol. The maximum Gasteiger partial charge on any atom is 0.244 e. The van der Waals surface area contributed by atoms with Crippen molar-refractivity contribution in [1.82, 2.24) is 19.8 Å². The summed E-state index contributed by atoms with van der Waals surface area (Å²) in [5.74, 6) is 0.739. The van der Waals surface area contributed by atoms with Crippen molar-refractivity contribution in [3.05, 3.63) is 40.6 Å². The molecule has 1 N–H and O–H groups in total. The molecule has 0 spiro atoms. The minimum Gasteiger partial charge on any atom is -0.354 e. The maximum absolute atomic E-state index is 12.7. The van der Waals surface area contributed by atoms with Crippen LogP contribution < -0.4 is 5.32 Å². The smallest absolute Gasteiger partial charge is 0.244 e. The van der Waals surface area contributed by atoms with Gasteiger partial charge in [-0.05, 0) is 30.2 Å². The molecule has 2 amide bonds. The number of thiophene rings is 1. The Kier molecular flexibility index (Phi) is 4.33. The van der Waals surface area contributed by atoms with Crippen LogP contribution in [-0.2, 0) is 22.6 Å². The molecule has 0 saturated heterocycles. The zero-order valence-corrected chi connectivity index (χ0v) is 15.0. The van der Waals surface area contributed by atoms with Gasteiger partial charge in [0.05, 0.1) is 25.1 Å². The van der Waals surface area contributed by atoms with E-state index in [1.807, 2.05) is 20.9 Å². The molecule has 2 aromatic rings. The van der Waals surface area contributed by atoms with Crippen LogP contribution in [0.3, 0.4) is 0 Å². The van der Waals surface area contributed by atoms with Crippen LogP contribution in [0.5, 0.6) is 0 Å². The summed E-state index contributed by atoms with van der Waals surface area (Å²) in [5.41, 5.74) is 0.923. The van der Waals surface area contributed by atoms with E-state index < -0.39 is 6.04 Å². The van der Waals surface area contributed by atoms with E-state index in [2.05, 4.69) is 23.3 Å². The molecule has 0 radical (unpaired) electrons. The zero-order valence-electron chi connectivity index (χ0n) is 14.2. The largest absolute Gasteiger partial charge is 0.354 e. The number of rotatable bonds is 5. The molecular formula is C18H22N4O2S. The van der Waals surface area contributed by atoms with Gasteiger partial charge in [-0.3, -0.25) is 9.59 Å². The fourth-order valence-electron chi connectivity index (χ4n) is 3.45. The second-order valence-electron chi connectivity index (χ2n) is 6.97. The minimum absolute atomic E-state index is 0.0443. The third kappa shape index (κ3) is 3.33. The van der Waals surface area contributed by atoms with E-state index in [0.29, 0.717) is 25.6 Å². The molecule has 4 rings (SSSR count). The molecule has 2 aliphatic rings. The normalized spacial score (nSPS) is 24.7. The molecule has 2 aromatic heterocycles. The summed E-state index contributed by atoms with van der Waals surface area (Å²) in [6.45, 7) is 3.68. The number of nitrogens with one attached hydrogen (secondary N) is 1. The number of imidazole rings is 1. The summed E-state index contributed by atoms with van der Waals surface area (Å²) >= 11 is 1.70. The van der Waals surface area contributed by atoms with Crippen LogP contribution in [-0.4, -0.2) is 39.4 Å². The Labute approximate surface area is 150 Å². The van der Waals surface area contributed by atoms with Crippen LogP contribution in [0.25, 0.3) is 0 Å². The Balaban J connectivity index is 1.42. The lowest BCUT2D eigenvalue weighted by Gasteiger charge is -2.34. The lowest BCUT2D eigenvalue weighted by Crippen LogP contribution is -2.47. The van der Waals surface area contributed by atoms with Crippen molar-refractivity contribution in [2.75, 3.05) is 13.1 Å². The molecular weight excluding hydrogens is 336 g/mol. The molecule has 7 heteroatoms. The first-order valence-corrected chi connectivity index (χ1v) is 9.61. The highest BCUT2D eigenvalue weighted by atomic mass is 32.1. The van der Waals surface area contributed by atoms with E-state index in [1.54, 1.807) is 23.9 Å². The van der Waals surface area contributed by atoms with Crippen molar-refractivity contribution in [3.8, 4) is 0 Å². The van der Waals surface area contributed by atoms with Crippen LogP contribution in [0.4, 0.5) is 0 Å². The van der Waals surface area contributed by atoms with E-state index in [1.165, 1.54) is 4.88 Å². The quantitative estimate of drug-likeness (QED) is 0.887. The van der Waals surface area contributed by atoms with Gasteiger partial charge in [-0.15, -0.1) is 11.3 Å². The lowest BCUT2D eigenvalue weighted by molar-refractivity contribution is -0.136. The number of carbonyl (C=O) groups is 2. The lowest BCUT2D eigenvalue weighted by atomic mass is 10.1. The van der Waals surface area contributed by atoms with Gasteiger partial charge in [0, 0.05) is 23.5 Å². The Morgan fingerprint density at radius 3 is 3.00 bits per heavy atom. The first-order valence-electron chi connectivity index (χ1n) is 8.73. The molecule has 1 aliphatic heterocycles. The summed E-state index contributed by atoms with van der Waals surface area (Å²) in [5, 5.41) is 5.06. The molecule has 1 saturated carbocycles. The summed E-state index contributed by atoms with van der Waals surface area (Å²) in [6, 6.07) is 3.69. The standard InChI is InChI=1S/C18H22N4O2S/c1-12-7-15(12)18(24)21-9-13-8-19-11-22(13)16(10-21)17(23)20-5-4-14-3-2-6-25-14/h2-3,6,8,11-12,15-16H,4-5,7,9-10H2,1H3,(H,20,23). The highest BCUT2D eigenvalue weighted by Gasteiger charge is 2.43. The van der Waals surface area contributed by atoms with Crippen molar-refractivity contribution in [2.45, 2.75) is 32.4 Å². The van der Waals surface area contributed by atoms with Crippen LogP contribution in [0.1, 0.15) is 30.0 Å². The van der Waals surface area contributed by atoms with Crippen molar-refractivity contribution < 1.29 is 9.59 Å². The van der Waals surface area contributed by atoms with Gasteiger partial charge in [0.15, 0.2) is 0 Å². The topological polar surface area (TPSA) is 67.2 Å². The summed E-state index contributed by atoms with van der Waals surface area (Å²) in [7, 11) is 0. The summed E-state index contributed by atoms with van der Waals surface area (Å²) in [4.78, 5) is 32.6. The molecule has 1 aliphatic carbocycles. The van der Waals surface area contributed by atoms with E-state index in [0.717, 1.165) is 18.5 Å². The molecule has 25 heavy (non-hydrogen) atoms.